The van der Waals surface area contributed by atoms with Gasteiger partial charge >= 0.3 is 0 Å². The van der Waals surface area contributed by atoms with Gasteiger partial charge in [0.2, 0.25) is 17.7 Å². The molecule has 42 heavy (non-hydrogen) atoms. The van der Waals surface area contributed by atoms with Crippen LogP contribution in [0.1, 0.15) is 63.2 Å². The molecule has 5 amide bonds. The molecule has 3 saturated heterocycles. The van der Waals surface area contributed by atoms with E-state index in [2.05, 4.69) is 20.0 Å². The summed E-state index contributed by atoms with van der Waals surface area (Å²) in [5.74, 6) is -1.65. The largest absolute Gasteiger partial charge is 0.372 e. The fourth-order valence-electron chi connectivity index (χ4n) is 6.57. The Morgan fingerprint density at radius 1 is 0.786 bits per heavy atom. The Kier molecular flexibility index (Phi) is 7.68. The van der Waals surface area contributed by atoms with Gasteiger partial charge in [-0.1, -0.05) is 0 Å². The minimum atomic E-state index is -0.954. The molecule has 3 fully saturated rings. The van der Waals surface area contributed by atoms with E-state index < -0.39 is 29.7 Å². The van der Waals surface area contributed by atoms with Crippen LogP contribution in [-0.2, 0) is 9.59 Å². The number of carbonyl (C=O) groups excluding carboxylic acids is 5. The van der Waals surface area contributed by atoms with Gasteiger partial charge in [-0.3, -0.25) is 39.1 Å². The van der Waals surface area contributed by atoms with Crippen LogP contribution in [0.25, 0.3) is 0 Å². The predicted octanol–water partition coefficient (Wildman–Crippen LogP) is 1.62. The summed E-state index contributed by atoms with van der Waals surface area (Å²) in [6, 6.07) is 11.9. The maximum atomic E-state index is 13.2. The lowest BCUT2D eigenvalue weighted by atomic mass is 9.93. The van der Waals surface area contributed by atoms with E-state index in [0.29, 0.717) is 22.6 Å². The average Bonchev–Trinajstić information content (AvgIpc) is 3.25. The quantitative estimate of drug-likeness (QED) is 0.478. The minimum absolute atomic E-state index is 0.104. The molecule has 0 bridgehead atoms. The molecule has 0 radical (unpaired) electrons. The first-order chi connectivity index (χ1) is 20.3. The number of hydrogen-bond acceptors (Lipinski definition) is 8. The molecule has 2 aromatic rings. The Morgan fingerprint density at radius 2 is 1.43 bits per heavy atom. The maximum Gasteiger partial charge on any atom is 0.262 e. The summed E-state index contributed by atoms with van der Waals surface area (Å²) < 4.78 is 0. The number of anilines is 2. The van der Waals surface area contributed by atoms with Crippen LogP contribution >= 0.6 is 0 Å². The van der Waals surface area contributed by atoms with Crippen LogP contribution in [0.15, 0.2) is 42.5 Å². The highest BCUT2D eigenvalue weighted by atomic mass is 16.2. The first-order valence-electron chi connectivity index (χ1n) is 14.8. The van der Waals surface area contributed by atoms with Gasteiger partial charge in [0.1, 0.15) is 6.04 Å². The first-order valence-corrected chi connectivity index (χ1v) is 14.8. The van der Waals surface area contributed by atoms with Crippen molar-refractivity contribution in [1.29, 1.82) is 0 Å². The monoisotopic (exact) mass is 572 g/mol. The fourth-order valence-corrected chi connectivity index (χ4v) is 6.57. The number of benzene rings is 2. The molecule has 11 heteroatoms. The second-order valence-corrected chi connectivity index (χ2v) is 11.6. The van der Waals surface area contributed by atoms with Crippen molar-refractivity contribution in [3.05, 3.63) is 59.2 Å². The van der Waals surface area contributed by atoms with Gasteiger partial charge < -0.3 is 15.5 Å². The van der Waals surface area contributed by atoms with E-state index in [4.69, 9.17) is 5.73 Å². The van der Waals surface area contributed by atoms with Crippen LogP contribution in [0.2, 0.25) is 0 Å². The number of rotatable bonds is 7. The van der Waals surface area contributed by atoms with E-state index in [0.717, 1.165) is 74.9 Å². The summed E-state index contributed by atoms with van der Waals surface area (Å²) in [5, 5.41) is 2.23. The van der Waals surface area contributed by atoms with Crippen LogP contribution in [-0.4, -0.2) is 91.2 Å². The third-order valence-electron chi connectivity index (χ3n) is 9.15. The molecule has 1 unspecified atom stereocenters. The average molecular weight is 573 g/mol. The smallest absolute Gasteiger partial charge is 0.262 e. The van der Waals surface area contributed by atoms with Crippen molar-refractivity contribution in [1.82, 2.24) is 15.1 Å². The molecule has 6 rings (SSSR count). The molecular formula is C31H36N6O5. The zero-order chi connectivity index (χ0) is 29.4. The second kappa shape index (κ2) is 11.6. The SMILES string of the molecule is NC(=O)c1ccc(N2CCC(CCN3CCN(c4ccc5c(c4)C(=O)N(C4CCC(=O)NC4=O)C5=O)CC3)CC2)cc1. The van der Waals surface area contributed by atoms with Crippen LogP contribution < -0.4 is 20.9 Å². The first kappa shape index (κ1) is 27.9. The molecule has 4 aliphatic rings. The minimum Gasteiger partial charge on any atom is -0.372 e. The van der Waals surface area contributed by atoms with E-state index in [1.165, 1.54) is 6.42 Å². The van der Waals surface area contributed by atoms with E-state index in [1.807, 2.05) is 18.2 Å². The van der Waals surface area contributed by atoms with Crippen molar-refractivity contribution in [2.45, 2.75) is 38.1 Å². The fraction of sp³-hybridized carbons (Fsp3) is 0.452. The van der Waals surface area contributed by atoms with Gasteiger partial charge in [0, 0.05) is 62.6 Å². The van der Waals surface area contributed by atoms with Crippen LogP contribution in [0.3, 0.4) is 0 Å². The van der Waals surface area contributed by atoms with E-state index >= 15 is 0 Å². The Labute approximate surface area is 244 Å². The Bertz CT molecular complexity index is 1410. The summed E-state index contributed by atoms with van der Waals surface area (Å²) in [6.45, 7) is 6.59. The normalized spacial score (nSPS) is 22.0. The molecule has 4 aliphatic heterocycles. The van der Waals surface area contributed by atoms with Crippen molar-refractivity contribution in [3.8, 4) is 0 Å². The van der Waals surface area contributed by atoms with Gasteiger partial charge in [-0.25, -0.2) is 0 Å². The molecule has 0 aliphatic carbocycles. The Morgan fingerprint density at radius 3 is 2.10 bits per heavy atom. The molecule has 0 saturated carbocycles. The summed E-state index contributed by atoms with van der Waals surface area (Å²) in [7, 11) is 0. The highest BCUT2D eigenvalue weighted by Gasteiger charge is 2.44. The lowest BCUT2D eigenvalue weighted by Crippen LogP contribution is -2.54. The van der Waals surface area contributed by atoms with Crippen LogP contribution in [0.5, 0.6) is 0 Å². The molecule has 0 aromatic heterocycles. The van der Waals surface area contributed by atoms with Gasteiger partial charge in [-0.05, 0) is 80.6 Å². The number of imide groups is 2. The van der Waals surface area contributed by atoms with Gasteiger partial charge in [-0.15, -0.1) is 0 Å². The van der Waals surface area contributed by atoms with Gasteiger partial charge in [0.05, 0.1) is 11.1 Å². The van der Waals surface area contributed by atoms with E-state index in [1.54, 1.807) is 24.3 Å². The molecular weight excluding hydrogens is 536 g/mol. The number of piperidine rings is 2. The van der Waals surface area contributed by atoms with Crippen molar-refractivity contribution >= 4 is 40.9 Å². The summed E-state index contributed by atoms with van der Waals surface area (Å²) in [5.41, 5.74) is 8.55. The van der Waals surface area contributed by atoms with Crippen molar-refractivity contribution < 1.29 is 24.0 Å². The lowest BCUT2D eigenvalue weighted by molar-refractivity contribution is -0.136. The number of amides is 5. The van der Waals surface area contributed by atoms with Gasteiger partial charge in [0.25, 0.3) is 11.8 Å². The molecule has 2 aromatic carbocycles. The summed E-state index contributed by atoms with van der Waals surface area (Å²) in [6.07, 6.45) is 3.72. The Balaban J connectivity index is 0.977. The number of piperazine rings is 1. The summed E-state index contributed by atoms with van der Waals surface area (Å²) >= 11 is 0. The molecule has 0 spiro atoms. The van der Waals surface area contributed by atoms with Crippen molar-refractivity contribution in [2.24, 2.45) is 11.7 Å². The molecule has 11 nitrogen and oxygen atoms in total. The predicted molar refractivity (Wildman–Crippen MR) is 156 cm³/mol. The number of carbonyl (C=O) groups is 5. The molecule has 4 heterocycles. The number of primary amides is 1. The van der Waals surface area contributed by atoms with Crippen molar-refractivity contribution in [3.63, 3.8) is 0 Å². The maximum absolute atomic E-state index is 13.2. The third-order valence-corrected chi connectivity index (χ3v) is 9.15. The second-order valence-electron chi connectivity index (χ2n) is 11.6. The highest BCUT2D eigenvalue weighted by Crippen LogP contribution is 2.31. The number of hydrogen-bond donors (Lipinski definition) is 2. The number of nitrogens with two attached hydrogens (primary N) is 1. The van der Waals surface area contributed by atoms with Crippen LogP contribution in [0, 0.1) is 5.92 Å². The zero-order valence-corrected chi connectivity index (χ0v) is 23.6. The zero-order valence-electron chi connectivity index (χ0n) is 23.6. The third kappa shape index (κ3) is 5.48. The van der Waals surface area contributed by atoms with Crippen molar-refractivity contribution in [2.75, 3.05) is 55.6 Å². The highest BCUT2D eigenvalue weighted by molar-refractivity contribution is 6.23. The van der Waals surface area contributed by atoms with E-state index in [9.17, 15) is 24.0 Å². The topological polar surface area (TPSA) is 136 Å². The van der Waals surface area contributed by atoms with Crippen LogP contribution in [0.4, 0.5) is 11.4 Å². The van der Waals surface area contributed by atoms with Gasteiger partial charge in [-0.2, -0.15) is 0 Å². The standard InChI is InChI=1S/C31H36N6O5/c32-28(39)21-1-3-22(4-2-21)35-13-10-20(11-14-35)9-12-34-15-17-36(18-16-34)23-5-6-24-25(19-23)31(42)37(30(24)41)26-7-8-27(38)33-29(26)40/h1-6,19-20,26H,7-18H2,(H2,32,39)(H,33,38,40). The molecule has 3 N–H and O–H groups in total. The number of nitrogens with one attached hydrogen (secondary N) is 1. The number of fused-ring (bicyclic) bond motifs is 1. The Hall–Kier alpha value is -4.25. The number of nitrogens with zero attached hydrogens (tertiary/aromatic N) is 4. The van der Waals surface area contributed by atoms with Gasteiger partial charge in [0.15, 0.2) is 0 Å². The van der Waals surface area contributed by atoms with E-state index in [-0.39, 0.29) is 18.7 Å². The molecule has 220 valence electrons. The lowest BCUT2D eigenvalue weighted by Gasteiger charge is -2.38. The molecule has 1 atom stereocenters. The summed E-state index contributed by atoms with van der Waals surface area (Å²) in [4.78, 5) is 69.5.